The van der Waals surface area contributed by atoms with Crippen molar-refractivity contribution >= 4 is 22.7 Å². The summed E-state index contributed by atoms with van der Waals surface area (Å²) in [6.45, 7) is 1.64. The van der Waals surface area contributed by atoms with E-state index in [1.807, 2.05) is 18.2 Å². The summed E-state index contributed by atoms with van der Waals surface area (Å²) >= 11 is 0. The molecule has 1 saturated carbocycles. The van der Waals surface area contributed by atoms with Crippen molar-refractivity contribution in [3.8, 4) is 5.75 Å². The number of nitrogens with two attached hydrogens (primary N) is 2. The van der Waals surface area contributed by atoms with Crippen LogP contribution < -0.4 is 21.5 Å². The van der Waals surface area contributed by atoms with E-state index < -0.39 is 0 Å². The average Bonchev–Trinajstić information content (AvgIpc) is 2.59. The third-order valence-electron chi connectivity index (χ3n) is 4.71. The number of anilines is 2. The molecule has 0 spiro atoms. The number of nitrogens with one attached hydrogen (secondary N) is 1. The van der Waals surface area contributed by atoms with Crippen LogP contribution in [0.3, 0.4) is 0 Å². The summed E-state index contributed by atoms with van der Waals surface area (Å²) in [5, 5.41) is 4.16. The lowest BCUT2D eigenvalue weighted by Crippen LogP contribution is -2.26. The number of fused-ring (bicyclic) bond motifs is 1. The van der Waals surface area contributed by atoms with Crippen LogP contribution in [-0.2, 0) is 0 Å². The van der Waals surface area contributed by atoms with Crippen LogP contribution in [0.25, 0.3) is 10.9 Å². The van der Waals surface area contributed by atoms with Gasteiger partial charge < -0.3 is 21.5 Å². The summed E-state index contributed by atoms with van der Waals surface area (Å²) in [5.74, 6) is 3.02. The third kappa shape index (κ3) is 3.47. The molecule has 1 aliphatic carbocycles. The van der Waals surface area contributed by atoms with Crippen molar-refractivity contribution in [2.45, 2.75) is 25.7 Å². The molecule has 3 rings (SSSR count). The molecule has 1 heterocycles. The first-order chi connectivity index (χ1) is 11.2. The summed E-state index contributed by atoms with van der Waals surface area (Å²) in [6.07, 6.45) is 4.91. The number of aromatic nitrogens is 2. The Labute approximate surface area is 136 Å². The van der Waals surface area contributed by atoms with Gasteiger partial charge in [0.1, 0.15) is 17.1 Å². The number of rotatable bonds is 5. The van der Waals surface area contributed by atoms with Crippen molar-refractivity contribution in [3.05, 3.63) is 18.2 Å². The van der Waals surface area contributed by atoms with E-state index in [0.29, 0.717) is 29.4 Å². The van der Waals surface area contributed by atoms with Crippen molar-refractivity contribution < 1.29 is 4.74 Å². The fourth-order valence-electron chi connectivity index (χ4n) is 3.43. The first-order valence-corrected chi connectivity index (χ1v) is 8.25. The molecule has 124 valence electrons. The van der Waals surface area contributed by atoms with E-state index in [1.54, 1.807) is 7.11 Å². The zero-order chi connectivity index (χ0) is 16.2. The maximum Gasteiger partial charge on any atom is 0.225 e. The molecule has 2 unspecified atom stereocenters. The Balaban J connectivity index is 1.75. The molecular weight excluding hydrogens is 290 g/mol. The first-order valence-electron chi connectivity index (χ1n) is 8.25. The highest BCUT2D eigenvalue weighted by atomic mass is 16.5. The topological polar surface area (TPSA) is 99.1 Å². The highest BCUT2D eigenvalue weighted by Gasteiger charge is 2.21. The van der Waals surface area contributed by atoms with Crippen molar-refractivity contribution in [2.75, 3.05) is 31.2 Å². The monoisotopic (exact) mass is 315 g/mol. The fraction of sp³-hybridized carbons (Fsp3) is 0.529. The van der Waals surface area contributed by atoms with Crippen LogP contribution in [0.15, 0.2) is 18.2 Å². The summed E-state index contributed by atoms with van der Waals surface area (Å²) in [5.41, 5.74) is 12.6. The molecule has 0 amide bonds. The normalized spacial score (nSPS) is 21.3. The second kappa shape index (κ2) is 7.00. The van der Waals surface area contributed by atoms with Gasteiger partial charge in [0, 0.05) is 11.9 Å². The third-order valence-corrected chi connectivity index (χ3v) is 4.71. The van der Waals surface area contributed by atoms with E-state index >= 15 is 0 Å². The Morgan fingerprint density at radius 2 is 2.09 bits per heavy atom. The van der Waals surface area contributed by atoms with Crippen LogP contribution in [0, 0.1) is 11.8 Å². The fourth-order valence-corrected chi connectivity index (χ4v) is 3.43. The molecule has 0 radical (unpaired) electrons. The Hall–Kier alpha value is -2.08. The number of ether oxygens (including phenoxy) is 1. The standard InChI is InChI=1S/C17H25N5O/c1-23-14-7-3-6-13-15(14)21-17(22-16(13)19)20-10-12-5-2-4-11(8-12)9-18/h3,6-7,11-12H,2,4-5,8-10,18H2,1H3,(H3,19,20,21,22). The highest BCUT2D eigenvalue weighted by molar-refractivity contribution is 5.93. The van der Waals surface area contributed by atoms with E-state index in [-0.39, 0.29) is 0 Å². The van der Waals surface area contributed by atoms with Gasteiger partial charge in [-0.1, -0.05) is 12.5 Å². The molecule has 2 atom stereocenters. The van der Waals surface area contributed by atoms with Gasteiger partial charge in [-0.2, -0.15) is 4.98 Å². The zero-order valence-electron chi connectivity index (χ0n) is 13.6. The first kappa shape index (κ1) is 15.8. The van der Waals surface area contributed by atoms with Gasteiger partial charge in [-0.15, -0.1) is 0 Å². The molecule has 0 bridgehead atoms. The molecule has 6 nitrogen and oxygen atoms in total. The average molecular weight is 315 g/mol. The van der Waals surface area contributed by atoms with Gasteiger partial charge in [0.25, 0.3) is 0 Å². The van der Waals surface area contributed by atoms with Gasteiger partial charge in [-0.25, -0.2) is 4.98 Å². The second-order valence-electron chi connectivity index (χ2n) is 6.30. The molecule has 1 fully saturated rings. The molecule has 1 aliphatic rings. The largest absolute Gasteiger partial charge is 0.494 e. The van der Waals surface area contributed by atoms with Crippen molar-refractivity contribution in [3.63, 3.8) is 0 Å². The van der Waals surface area contributed by atoms with E-state index in [9.17, 15) is 0 Å². The summed E-state index contributed by atoms with van der Waals surface area (Å²) < 4.78 is 5.37. The van der Waals surface area contributed by atoms with Crippen LogP contribution in [0.5, 0.6) is 5.75 Å². The molecule has 6 heteroatoms. The van der Waals surface area contributed by atoms with Gasteiger partial charge >= 0.3 is 0 Å². The minimum atomic E-state index is 0.472. The van der Waals surface area contributed by atoms with Crippen molar-refractivity contribution in [1.82, 2.24) is 9.97 Å². The number of benzene rings is 1. The molecule has 0 saturated heterocycles. The van der Waals surface area contributed by atoms with Crippen LogP contribution in [0.4, 0.5) is 11.8 Å². The van der Waals surface area contributed by atoms with Gasteiger partial charge in [0.2, 0.25) is 5.95 Å². The SMILES string of the molecule is COc1cccc2c(N)nc(NCC3CCCC(CN)C3)nc12. The number of methoxy groups -OCH3 is 1. The lowest BCUT2D eigenvalue weighted by molar-refractivity contribution is 0.281. The van der Waals surface area contributed by atoms with E-state index in [4.69, 9.17) is 16.2 Å². The molecule has 0 aliphatic heterocycles. The lowest BCUT2D eigenvalue weighted by Gasteiger charge is -2.28. The maximum absolute atomic E-state index is 6.07. The highest BCUT2D eigenvalue weighted by Crippen LogP contribution is 2.30. The van der Waals surface area contributed by atoms with Gasteiger partial charge in [0.05, 0.1) is 7.11 Å². The second-order valence-corrected chi connectivity index (χ2v) is 6.30. The predicted octanol–water partition coefficient (Wildman–Crippen LogP) is 2.40. The number of nitrogens with zero attached hydrogens (tertiary/aromatic N) is 2. The minimum Gasteiger partial charge on any atom is -0.494 e. The summed E-state index contributed by atoms with van der Waals surface area (Å²) in [7, 11) is 1.63. The molecule has 23 heavy (non-hydrogen) atoms. The smallest absolute Gasteiger partial charge is 0.225 e. The Morgan fingerprint density at radius 1 is 1.26 bits per heavy atom. The van der Waals surface area contributed by atoms with Crippen LogP contribution in [0.2, 0.25) is 0 Å². The van der Waals surface area contributed by atoms with E-state index in [0.717, 1.165) is 24.0 Å². The Bertz CT molecular complexity index is 675. The van der Waals surface area contributed by atoms with Crippen LogP contribution >= 0.6 is 0 Å². The Morgan fingerprint density at radius 3 is 2.87 bits per heavy atom. The summed E-state index contributed by atoms with van der Waals surface area (Å²) in [4.78, 5) is 8.95. The van der Waals surface area contributed by atoms with Gasteiger partial charge in [0.15, 0.2) is 0 Å². The lowest BCUT2D eigenvalue weighted by atomic mass is 9.81. The predicted molar refractivity (Wildman–Crippen MR) is 93.5 cm³/mol. The number of para-hydroxylation sites is 1. The number of hydrogen-bond donors (Lipinski definition) is 3. The quantitative estimate of drug-likeness (QED) is 0.783. The zero-order valence-corrected chi connectivity index (χ0v) is 13.6. The molecule has 5 N–H and O–H groups in total. The Kier molecular flexibility index (Phi) is 4.81. The van der Waals surface area contributed by atoms with E-state index in [2.05, 4.69) is 15.3 Å². The van der Waals surface area contributed by atoms with E-state index in [1.165, 1.54) is 25.7 Å². The number of hydrogen-bond acceptors (Lipinski definition) is 6. The van der Waals surface area contributed by atoms with Gasteiger partial charge in [-0.3, -0.25) is 0 Å². The summed E-state index contributed by atoms with van der Waals surface area (Å²) in [6, 6.07) is 5.68. The van der Waals surface area contributed by atoms with Gasteiger partial charge in [-0.05, 0) is 49.8 Å². The number of nitrogen functional groups attached to an aromatic ring is 1. The van der Waals surface area contributed by atoms with Crippen LogP contribution in [0.1, 0.15) is 25.7 Å². The molecule has 1 aromatic carbocycles. The minimum absolute atomic E-state index is 0.472. The molecular formula is C17H25N5O. The van der Waals surface area contributed by atoms with Crippen molar-refractivity contribution in [1.29, 1.82) is 0 Å². The maximum atomic E-state index is 6.07. The van der Waals surface area contributed by atoms with Crippen LogP contribution in [-0.4, -0.2) is 30.2 Å². The van der Waals surface area contributed by atoms with Crippen molar-refractivity contribution in [2.24, 2.45) is 17.6 Å². The molecule has 2 aromatic rings. The molecule has 1 aromatic heterocycles.